The molecule has 1 amide bonds. The number of aromatic nitrogens is 2. The van der Waals surface area contributed by atoms with Gasteiger partial charge in [-0.05, 0) is 17.7 Å². The fraction of sp³-hybridized carbons (Fsp3) is 0.231. The van der Waals surface area contributed by atoms with Gasteiger partial charge in [0, 0.05) is 29.8 Å². The summed E-state index contributed by atoms with van der Waals surface area (Å²) in [6, 6.07) is 7.75. The first-order valence-electron chi connectivity index (χ1n) is 5.73. The molecule has 18 heavy (non-hydrogen) atoms. The van der Waals surface area contributed by atoms with Crippen LogP contribution in [0.3, 0.4) is 0 Å². The number of carbonyl (C=O) groups excluding carboxylic acids is 1. The van der Waals surface area contributed by atoms with Crippen LogP contribution in [-0.4, -0.2) is 22.4 Å². The van der Waals surface area contributed by atoms with Crippen molar-refractivity contribution in [1.29, 1.82) is 0 Å². The fourth-order valence-corrected chi connectivity index (χ4v) is 1.87. The molecule has 2 rings (SSSR count). The minimum Gasteiger partial charge on any atom is -0.355 e. The molecule has 2 N–H and O–H groups in total. The number of hydrogen-bond donors (Lipinski definition) is 2. The Morgan fingerprint density at radius 3 is 2.78 bits per heavy atom. The second-order valence-electron chi connectivity index (χ2n) is 3.94. The van der Waals surface area contributed by atoms with Crippen LogP contribution in [0, 0.1) is 0 Å². The highest BCUT2D eigenvalue weighted by molar-refractivity contribution is 9.10. The molecular formula is C13H14BrN3O. The van der Waals surface area contributed by atoms with Gasteiger partial charge in [0.2, 0.25) is 5.91 Å². The highest BCUT2D eigenvalue weighted by atomic mass is 79.9. The van der Waals surface area contributed by atoms with Crippen LogP contribution in [-0.2, 0) is 17.6 Å². The minimum atomic E-state index is 0.0314. The number of rotatable bonds is 5. The summed E-state index contributed by atoms with van der Waals surface area (Å²) in [5.74, 6) is 0.919. The van der Waals surface area contributed by atoms with Crippen LogP contribution >= 0.6 is 15.9 Å². The summed E-state index contributed by atoms with van der Waals surface area (Å²) in [4.78, 5) is 18.8. The summed E-state index contributed by atoms with van der Waals surface area (Å²) >= 11 is 3.36. The Kier molecular flexibility index (Phi) is 4.52. The van der Waals surface area contributed by atoms with Crippen molar-refractivity contribution >= 4 is 21.8 Å². The number of benzene rings is 1. The molecule has 0 saturated carbocycles. The van der Waals surface area contributed by atoms with Crippen LogP contribution in [0.5, 0.6) is 0 Å². The number of carbonyl (C=O) groups is 1. The van der Waals surface area contributed by atoms with Gasteiger partial charge >= 0.3 is 0 Å². The van der Waals surface area contributed by atoms with Gasteiger partial charge in [-0.2, -0.15) is 0 Å². The first kappa shape index (κ1) is 12.8. The predicted octanol–water partition coefficient (Wildman–Crippen LogP) is 2.07. The summed E-state index contributed by atoms with van der Waals surface area (Å²) in [7, 11) is 0. The van der Waals surface area contributed by atoms with Gasteiger partial charge in [0.1, 0.15) is 5.82 Å². The van der Waals surface area contributed by atoms with Gasteiger partial charge in [0.05, 0.1) is 6.42 Å². The van der Waals surface area contributed by atoms with Crippen molar-refractivity contribution in [3.05, 3.63) is 52.5 Å². The molecule has 0 spiro atoms. The van der Waals surface area contributed by atoms with Crippen LogP contribution in [0.1, 0.15) is 11.4 Å². The number of amides is 1. The Morgan fingerprint density at radius 1 is 1.33 bits per heavy atom. The lowest BCUT2D eigenvalue weighted by atomic mass is 10.1. The van der Waals surface area contributed by atoms with E-state index in [0.29, 0.717) is 13.0 Å². The molecule has 0 radical (unpaired) electrons. The number of imidazole rings is 1. The van der Waals surface area contributed by atoms with E-state index in [2.05, 4.69) is 31.2 Å². The maximum Gasteiger partial charge on any atom is 0.224 e. The Balaban J connectivity index is 1.73. The Labute approximate surface area is 114 Å². The van der Waals surface area contributed by atoms with E-state index in [1.54, 1.807) is 12.4 Å². The van der Waals surface area contributed by atoms with Crippen LogP contribution in [0.4, 0.5) is 0 Å². The molecule has 4 nitrogen and oxygen atoms in total. The lowest BCUT2D eigenvalue weighted by Crippen LogP contribution is -2.27. The zero-order valence-corrected chi connectivity index (χ0v) is 11.4. The van der Waals surface area contributed by atoms with Crippen LogP contribution in [0.2, 0.25) is 0 Å². The summed E-state index contributed by atoms with van der Waals surface area (Å²) in [5, 5.41) is 2.87. The minimum absolute atomic E-state index is 0.0314. The third-order valence-electron chi connectivity index (χ3n) is 2.52. The first-order valence-corrected chi connectivity index (χ1v) is 6.53. The third-order valence-corrected chi connectivity index (χ3v) is 3.05. The number of halogens is 1. The van der Waals surface area contributed by atoms with Crippen molar-refractivity contribution in [3.8, 4) is 0 Å². The Morgan fingerprint density at radius 2 is 2.11 bits per heavy atom. The molecule has 0 saturated heterocycles. The van der Waals surface area contributed by atoms with Gasteiger partial charge in [-0.15, -0.1) is 0 Å². The number of hydrogen-bond acceptors (Lipinski definition) is 2. The monoisotopic (exact) mass is 307 g/mol. The van der Waals surface area contributed by atoms with E-state index in [9.17, 15) is 4.79 Å². The normalized spacial score (nSPS) is 10.3. The molecule has 94 valence electrons. The third kappa shape index (κ3) is 4.00. The fourth-order valence-electron chi connectivity index (χ4n) is 1.61. The number of nitrogens with one attached hydrogen (secondary N) is 2. The number of aromatic amines is 1. The molecule has 1 heterocycles. The topological polar surface area (TPSA) is 57.8 Å². The average molecular weight is 308 g/mol. The highest BCUT2D eigenvalue weighted by Gasteiger charge is 2.03. The summed E-state index contributed by atoms with van der Waals surface area (Å²) < 4.78 is 1.02. The average Bonchev–Trinajstić information content (AvgIpc) is 2.85. The van der Waals surface area contributed by atoms with Gasteiger partial charge in [-0.3, -0.25) is 4.79 Å². The van der Waals surface area contributed by atoms with E-state index in [-0.39, 0.29) is 5.91 Å². The largest absolute Gasteiger partial charge is 0.355 e. The standard InChI is InChI=1S/C13H14BrN3O/c14-11-3-1-10(2-4-11)9-13(18)17-6-5-12-15-7-8-16-12/h1-4,7-8H,5-6,9H2,(H,15,16)(H,17,18). The zero-order chi connectivity index (χ0) is 12.8. The van der Waals surface area contributed by atoms with E-state index in [0.717, 1.165) is 22.3 Å². The molecule has 1 aromatic heterocycles. The van der Waals surface area contributed by atoms with Crippen LogP contribution in [0.25, 0.3) is 0 Å². The van der Waals surface area contributed by atoms with Gasteiger partial charge in [-0.25, -0.2) is 4.98 Å². The van der Waals surface area contributed by atoms with Crippen molar-refractivity contribution in [1.82, 2.24) is 15.3 Å². The van der Waals surface area contributed by atoms with E-state index < -0.39 is 0 Å². The number of H-pyrrole nitrogens is 1. The molecule has 5 heteroatoms. The predicted molar refractivity (Wildman–Crippen MR) is 73.1 cm³/mol. The van der Waals surface area contributed by atoms with Crippen molar-refractivity contribution in [2.24, 2.45) is 0 Å². The van der Waals surface area contributed by atoms with Crippen LogP contribution in [0.15, 0.2) is 41.1 Å². The molecule has 0 aliphatic rings. The van der Waals surface area contributed by atoms with E-state index in [1.807, 2.05) is 24.3 Å². The van der Waals surface area contributed by atoms with Crippen molar-refractivity contribution < 1.29 is 4.79 Å². The smallest absolute Gasteiger partial charge is 0.224 e. The Hall–Kier alpha value is -1.62. The van der Waals surface area contributed by atoms with E-state index in [4.69, 9.17) is 0 Å². The molecule has 1 aromatic carbocycles. The quantitative estimate of drug-likeness (QED) is 0.888. The lowest BCUT2D eigenvalue weighted by molar-refractivity contribution is -0.120. The maximum absolute atomic E-state index is 11.7. The highest BCUT2D eigenvalue weighted by Crippen LogP contribution is 2.10. The van der Waals surface area contributed by atoms with Crippen LogP contribution < -0.4 is 5.32 Å². The van der Waals surface area contributed by atoms with Gasteiger partial charge < -0.3 is 10.3 Å². The van der Waals surface area contributed by atoms with Crippen molar-refractivity contribution in [3.63, 3.8) is 0 Å². The molecule has 0 bridgehead atoms. The molecule has 0 atom stereocenters. The van der Waals surface area contributed by atoms with Gasteiger partial charge in [0.15, 0.2) is 0 Å². The molecule has 0 aliphatic heterocycles. The van der Waals surface area contributed by atoms with Gasteiger partial charge in [0.25, 0.3) is 0 Å². The van der Waals surface area contributed by atoms with E-state index in [1.165, 1.54) is 0 Å². The summed E-state index contributed by atoms with van der Waals surface area (Å²) in [6.07, 6.45) is 4.61. The molecule has 0 unspecified atom stereocenters. The number of nitrogens with zero attached hydrogens (tertiary/aromatic N) is 1. The van der Waals surface area contributed by atoms with E-state index >= 15 is 0 Å². The van der Waals surface area contributed by atoms with Crippen molar-refractivity contribution in [2.45, 2.75) is 12.8 Å². The second kappa shape index (κ2) is 6.35. The molecule has 0 aliphatic carbocycles. The van der Waals surface area contributed by atoms with Crippen molar-refractivity contribution in [2.75, 3.05) is 6.54 Å². The summed E-state index contributed by atoms with van der Waals surface area (Å²) in [5.41, 5.74) is 1.01. The second-order valence-corrected chi connectivity index (χ2v) is 4.85. The van der Waals surface area contributed by atoms with Gasteiger partial charge in [-0.1, -0.05) is 28.1 Å². The first-order chi connectivity index (χ1) is 8.74. The molecule has 0 fully saturated rings. The summed E-state index contributed by atoms with van der Waals surface area (Å²) in [6.45, 7) is 0.600. The Bertz CT molecular complexity index is 493. The SMILES string of the molecule is O=C(Cc1ccc(Br)cc1)NCCc1ncc[nH]1. The molecular weight excluding hydrogens is 294 g/mol. The lowest BCUT2D eigenvalue weighted by Gasteiger charge is -2.04. The maximum atomic E-state index is 11.7. The zero-order valence-electron chi connectivity index (χ0n) is 9.82. The molecule has 2 aromatic rings.